The summed E-state index contributed by atoms with van der Waals surface area (Å²) in [5.41, 5.74) is 8.98. The minimum absolute atomic E-state index is 0.294. The molecule has 2 aromatic carbocycles. The second-order valence-corrected chi connectivity index (χ2v) is 10.7. The van der Waals surface area contributed by atoms with E-state index in [1.54, 1.807) is 0 Å². The molecule has 33 heavy (non-hydrogen) atoms. The Kier molecular flexibility index (Phi) is 6.62. The Hall–Kier alpha value is -2.29. The van der Waals surface area contributed by atoms with E-state index in [0.29, 0.717) is 19.1 Å². The van der Waals surface area contributed by atoms with Gasteiger partial charge in [-0.05, 0) is 87.6 Å². The van der Waals surface area contributed by atoms with Gasteiger partial charge in [-0.2, -0.15) is 0 Å². The van der Waals surface area contributed by atoms with E-state index in [0.717, 1.165) is 17.9 Å². The molecule has 178 valence electrons. The summed E-state index contributed by atoms with van der Waals surface area (Å²) < 4.78 is 15.6. The van der Waals surface area contributed by atoms with Gasteiger partial charge in [-0.1, -0.05) is 55.3 Å². The molecule has 1 saturated heterocycles. The van der Waals surface area contributed by atoms with Gasteiger partial charge < -0.3 is 9.80 Å². The number of halogens is 1. The number of aryl methyl sites for hydroxylation is 3. The van der Waals surface area contributed by atoms with Gasteiger partial charge in [0.15, 0.2) is 5.67 Å². The van der Waals surface area contributed by atoms with Crippen molar-refractivity contribution in [2.45, 2.75) is 78.9 Å². The zero-order valence-corrected chi connectivity index (χ0v) is 21.6. The lowest BCUT2D eigenvalue weighted by Crippen LogP contribution is -2.57. The Balaban J connectivity index is 1.60. The molecule has 0 aromatic heterocycles. The van der Waals surface area contributed by atoms with Crippen molar-refractivity contribution >= 4 is 5.69 Å². The largest absolute Gasteiger partial charge is 0.371 e. The molecule has 1 fully saturated rings. The van der Waals surface area contributed by atoms with E-state index in [2.05, 4.69) is 63.6 Å². The van der Waals surface area contributed by atoms with Crippen LogP contribution in [0, 0.1) is 19.8 Å². The van der Waals surface area contributed by atoms with Gasteiger partial charge in [0, 0.05) is 18.4 Å². The van der Waals surface area contributed by atoms with Crippen LogP contribution in [0.25, 0.3) is 0 Å². The van der Waals surface area contributed by atoms with E-state index in [1.165, 1.54) is 58.5 Å². The summed E-state index contributed by atoms with van der Waals surface area (Å²) in [7, 11) is 2.26. The Labute approximate surface area is 200 Å². The van der Waals surface area contributed by atoms with Crippen LogP contribution in [0.1, 0.15) is 80.8 Å². The van der Waals surface area contributed by atoms with Crippen LogP contribution in [0.4, 0.5) is 10.1 Å². The Bertz CT molecular complexity index is 1030. The van der Waals surface area contributed by atoms with Gasteiger partial charge in [0.05, 0.1) is 19.1 Å². The van der Waals surface area contributed by atoms with Gasteiger partial charge in [-0.3, -0.25) is 0 Å². The van der Waals surface area contributed by atoms with E-state index in [9.17, 15) is 0 Å². The number of rotatable bonds is 6. The van der Waals surface area contributed by atoms with Gasteiger partial charge in [-0.25, -0.2) is 4.39 Å². The van der Waals surface area contributed by atoms with Crippen LogP contribution in [0.3, 0.4) is 0 Å². The molecule has 1 aliphatic carbocycles. The van der Waals surface area contributed by atoms with Crippen molar-refractivity contribution in [1.29, 1.82) is 0 Å². The topological polar surface area (TPSA) is 6.48 Å². The molecular weight excluding hydrogens is 407 g/mol. The van der Waals surface area contributed by atoms with Crippen molar-refractivity contribution in [3.8, 4) is 0 Å². The number of hydrogen-bond donors (Lipinski definition) is 0. The van der Waals surface area contributed by atoms with Crippen LogP contribution in [0.15, 0.2) is 47.7 Å². The van der Waals surface area contributed by atoms with E-state index >= 15 is 4.39 Å². The number of nitrogens with zero attached hydrogens (tertiary/aromatic N) is 2. The fourth-order valence-corrected chi connectivity index (χ4v) is 5.67. The second kappa shape index (κ2) is 9.16. The number of alkyl halides is 1. The van der Waals surface area contributed by atoms with Crippen molar-refractivity contribution in [3.05, 3.63) is 75.5 Å². The number of anilines is 1. The van der Waals surface area contributed by atoms with Gasteiger partial charge in [0.25, 0.3) is 0 Å². The highest BCUT2D eigenvalue weighted by Gasteiger charge is 2.45. The molecule has 0 saturated carbocycles. The minimum atomic E-state index is -1.26. The lowest BCUT2D eigenvalue weighted by Gasteiger charge is -2.47. The minimum Gasteiger partial charge on any atom is -0.371 e. The van der Waals surface area contributed by atoms with Crippen LogP contribution in [-0.4, -0.2) is 25.0 Å². The molecule has 0 N–H and O–H groups in total. The normalized spacial score (nSPS) is 21.1. The third-order valence-electron chi connectivity index (χ3n) is 8.13. The average Bonchev–Trinajstić information content (AvgIpc) is 2.78. The monoisotopic (exact) mass is 448 g/mol. The first-order valence-corrected chi connectivity index (χ1v) is 12.7. The quantitative estimate of drug-likeness (QED) is 0.448. The first-order valence-electron chi connectivity index (χ1n) is 12.7. The molecule has 2 aromatic rings. The maximum absolute atomic E-state index is 15.6. The highest BCUT2D eigenvalue weighted by molar-refractivity contribution is 5.61. The standard InChI is InChI=1S/C30H41FN2/c1-8-25-16-23(5)29(33-18-30(31,19-33)26-13-10-20(2)11-14-26)17-27(25)24(6)32(7)28-15-21(3)9-12-22(28)4/h10-11,13-14,16-17,21,24H,8-9,12,15,18-19H2,1-7H3. The molecule has 0 spiro atoms. The van der Waals surface area contributed by atoms with Crippen molar-refractivity contribution in [1.82, 2.24) is 4.90 Å². The maximum Gasteiger partial charge on any atom is 0.170 e. The van der Waals surface area contributed by atoms with Crippen LogP contribution >= 0.6 is 0 Å². The fourth-order valence-electron chi connectivity index (χ4n) is 5.67. The third-order valence-corrected chi connectivity index (χ3v) is 8.13. The van der Waals surface area contributed by atoms with Crippen LogP contribution in [0.2, 0.25) is 0 Å². The summed E-state index contributed by atoms with van der Waals surface area (Å²) in [5, 5.41) is 0. The summed E-state index contributed by atoms with van der Waals surface area (Å²) >= 11 is 0. The van der Waals surface area contributed by atoms with Gasteiger partial charge in [0.1, 0.15) is 0 Å². The van der Waals surface area contributed by atoms with Crippen molar-refractivity contribution in [3.63, 3.8) is 0 Å². The Morgan fingerprint density at radius 1 is 1.12 bits per heavy atom. The molecule has 3 heteroatoms. The molecule has 2 aliphatic rings. The average molecular weight is 449 g/mol. The molecule has 0 amide bonds. The first-order chi connectivity index (χ1) is 15.6. The summed E-state index contributed by atoms with van der Waals surface area (Å²) in [6.45, 7) is 14.3. The zero-order valence-electron chi connectivity index (χ0n) is 21.6. The second-order valence-electron chi connectivity index (χ2n) is 10.7. The lowest BCUT2D eigenvalue weighted by atomic mass is 9.85. The summed E-state index contributed by atoms with van der Waals surface area (Å²) in [4.78, 5) is 4.72. The molecule has 2 nitrogen and oxygen atoms in total. The van der Waals surface area contributed by atoms with Crippen molar-refractivity contribution < 1.29 is 4.39 Å². The van der Waals surface area contributed by atoms with E-state index in [1.807, 2.05) is 31.2 Å². The van der Waals surface area contributed by atoms with Crippen LogP contribution in [-0.2, 0) is 12.1 Å². The predicted octanol–water partition coefficient (Wildman–Crippen LogP) is 7.64. The zero-order chi connectivity index (χ0) is 23.9. The van der Waals surface area contributed by atoms with E-state index in [4.69, 9.17) is 0 Å². The highest BCUT2D eigenvalue weighted by atomic mass is 19.1. The van der Waals surface area contributed by atoms with Crippen molar-refractivity contribution in [2.24, 2.45) is 5.92 Å². The molecule has 2 unspecified atom stereocenters. The molecular formula is C30H41FN2. The predicted molar refractivity (Wildman–Crippen MR) is 139 cm³/mol. The SMILES string of the molecule is CCc1cc(C)c(N2CC(F)(c3ccc(C)cc3)C2)cc1C(C)N(C)C1=C(C)CCC(C)C1. The Morgan fingerprint density at radius 2 is 1.79 bits per heavy atom. The van der Waals surface area contributed by atoms with E-state index in [-0.39, 0.29) is 0 Å². The van der Waals surface area contributed by atoms with Gasteiger partial charge in [0.2, 0.25) is 0 Å². The highest BCUT2D eigenvalue weighted by Crippen LogP contribution is 2.42. The fraction of sp³-hybridized carbons (Fsp3) is 0.533. The summed E-state index contributed by atoms with van der Waals surface area (Å²) in [5.74, 6) is 0.748. The summed E-state index contributed by atoms with van der Waals surface area (Å²) in [6, 6.07) is 12.9. The first kappa shape index (κ1) is 23.9. The Morgan fingerprint density at radius 3 is 2.42 bits per heavy atom. The van der Waals surface area contributed by atoms with Crippen LogP contribution in [0.5, 0.6) is 0 Å². The molecule has 1 aliphatic heterocycles. The van der Waals surface area contributed by atoms with Crippen molar-refractivity contribution in [2.75, 3.05) is 25.0 Å². The third kappa shape index (κ3) is 4.56. The molecule has 2 atom stereocenters. The molecule has 1 heterocycles. The number of allylic oxidation sites excluding steroid dienone is 2. The molecule has 4 rings (SSSR count). The smallest absolute Gasteiger partial charge is 0.170 e. The van der Waals surface area contributed by atoms with Gasteiger partial charge in [-0.15, -0.1) is 0 Å². The van der Waals surface area contributed by atoms with Crippen LogP contribution < -0.4 is 4.90 Å². The number of benzene rings is 2. The van der Waals surface area contributed by atoms with Gasteiger partial charge >= 0.3 is 0 Å². The lowest BCUT2D eigenvalue weighted by molar-refractivity contribution is 0.120. The molecule has 0 radical (unpaired) electrons. The van der Waals surface area contributed by atoms with E-state index < -0.39 is 5.67 Å². The number of hydrogen-bond acceptors (Lipinski definition) is 2. The molecule has 0 bridgehead atoms. The summed E-state index contributed by atoms with van der Waals surface area (Å²) in [6.07, 6.45) is 4.69. The maximum atomic E-state index is 15.6.